The van der Waals surface area contributed by atoms with Gasteiger partial charge in [0.25, 0.3) is 0 Å². The zero-order valence-corrected chi connectivity index (χ0v) is 18.1. The highest BCUT2D eigenvalue weighted by molar-refractivity contribution is 5.62. The number of benzene rings is 3. The third-order valence-electron chi connectivity index (χ3n) is 6.65. The molecule has 2 N–H and O–H groups in total. The summed E-state index contributed by atoms with van der Waals surface area (Å²) < 4.78 is 11.6. The average Bonchev–Trinajstić information content (AvgIpc) is 3.21. The van der Waals surface area contributed by atoms with Gasteiger partial charge >= 0.3 is 0 Å². The van der Waals surface area contributed by atoms with Crippen LogP contribution in [0.15, 0.2) is 60.7 Å². The fraction of sp³-hybridized carbons (Fsp3) is 0.308. The molecule has 2 aliphatic heterocycles. The number of ether oxygens (including phenoxy) is 2. The van der Waals surface area contributed by atoms with E-state index in [1.165, 1.54) is 16.8 Å². The van der Waals surface area contributed by atoms with Crippen LogP contribution in [-0.4, -0.2) is 39.5 Å². The molecule has 3 unspecified atom stereocenters. The van der Waals surface area contributed by atoms with E-state index in [1.54, 1.807) is 19.2 Å². The minimum absolute atomic E-state index is 0.181. The van der Waals surface area contributed by atoms with Gasteiger partial charge in [-0.05, 0) is 35.4 Å². The van der Waals surface area contributed by atoms with Crippen LogP contribution in [0.3, 0.4) is 0 Å². The second-order valence-electron chi connectivity index (χ2n) is 8.60. The molecule has 0 aromatic heterocycles. The molecule has 5 heteroatoms. The molecule has 2 aliphatic rings. The van der Waals surface area contributed by atoms with E-state index >= 15 is 0 Å². The molecule has 0 aliphatic carbocycles. The number of methoxy groups -OCH3 is 1. The molecule has 3 atom stereocenters. The average molecular weight is 417 g/mol. The van der Waals surface area contributed by atoms with Gasteiger partial charge in [0.2, 0.25) is 0 Å². The number of nitrogens with zero attached hydrogens (tertiary/aromatic N) is 1. The molecule has 0 fully saturated rings. The minimum Gasteiger partial charge on any atom is -0.508 e. The Morgan fingerprint density at radius 3 is 2.52 bits per heavy atom. The van der Waals surface area contributed by atoms with Crippen LogP contribution in [0.1, 0.15) is 28.5 Å². The molecule has 0 saturated carbocycles. The Balaban J connectivity index is 1.58. The molecule has 0 radical (unpaired) electrons. The van der Waals surface area contributed by atoms with E-state index in [2.05, 4.69) is 60.7 Å². The van der Waals surface area contributed by atoms with Crippen LogP contribution in [0.4, 0.5) is 11.4 Å². The number of hydrogen-bond donors (Lipinski definition) is 2. The quantitative estimate of drug-likeness (QED) is 0.639. The maximum Gasteiger partial charge on any atom is 0.126 e. The number of phenolic OH excluding ortho intramolecular Hbond substituents is 1. The summed E-state index contributed by atoms with van der Waals surface area (Å²) in [5.41, 5.74) is 6.04. The summed E-state index contributed by atoms with van der Waals surface area (Å²) in [6, 6.07) is 20.6. The molecular formula is C26H28N2O3. The van der Waals surface area contributed by atoms with Crippen molar-refractivity contribution >= 4 is 11.4 Å². The van der Waals surface area contributed by atoms with Crippen LogP contribution < -0.4 is 19.7 Å². The van der Waals surface area contributed by atoms with Crippen molar-refractivity contribution < 1.29 is 14.6 Å². The van der Waals surface area contributed by atoms with Crippen molar-refractivity contribution in [1.29, 1.82) is 0 Å². The second kappa shape index (κ2) is 7.73. The number of nitrogens with one attached hydrogen (secondary N) is 1. The summed E-state index contributed by atoms with van der Waals surface area (Å²) in [5.74, 6) is 2.65. The molecule has 0 bridgehead atoms. The fourth-order valence-electron chi connectivity index (χ4n) is 5.02. The van der Waals surface area contributed by atoms with Crippen molar-refractivity contribution in [2.45, 2.75) is 11.8 Å². The zero-order chi connectivity index (χ0) is 21.5. The monoisotopic (exact) mass is 416 g/mol. The highest BCUT2D eigenvalue weighted by Crippen LogP contribution is 2.50. The predicted octanol–water partition coefficient (Wildman–Crippen LogP) is 4.82. The van der Waals surface area contributed by atoms with Gasteiger partial charge in [-0.3, -0.25) is 0 Å². The molecular weight excluding hydrogens is 388 g/mol. The standard InChI is InChI=1S/C26H28N2O3/c1-28(2)17-6-4-16(5-7-17)26-21-10-8-18(29)12-25(21)31-15-23(26)22-14-27-24-13-19(30-3)9-11-20(22)24/h4-13,22-23,26-27,29H,14-15H2,1-3H3. The van der Waals surface area contributed by atoms with Crippen LogP contribution in [0, 0.1) is 5.92 Å². The van der Waals surface area contributed by atoms with Crippen molar-refractivity contribution in [3.05, 3.63) is 77.4 Å². The smallest absolute Gasteiger partial charge is 0.126 e. The third kappa shape index (κ3) is 3.44. The highest BCUT2D eigenvalue weighted by Gasteiger charge is 2.40. The molecule has 160 valence electrons. The highest BCUT2D eigenvalue weighted by atomic mass is 16.5. The number of anilines is 2. The third-order valence-corrected chi connectivity index (χ3v) is 6.65. The van der Waals surface area contributed by atoms with Gasteiger partial charge in [0.1, 0.15) is 17.2 Å². The van der Waals surface area contributed by atoms with Gasteiger partial charge in [-0.25, -0.2) is 0 Å². The van der Waals surface area contributed by atoms with Gasteiger partial charge in [-0.1, -0.05) is 24.3 Å². The van der Waals surface area contributed by atoms with E-state index in [-0.39, 0.29) is 17.6 Å². The first-order chi connectivity index (χ1) is 15.0. The topological polar surface area (TPSA) is 54.0 Å². The number of rotatable bonds is 4. The molecule has 3 aromatic rings. The number of aromatic hydroxyl groups is 1. The Bertz CT molecular complexity index is 1090. The fourth-order valence-corrected chi connectivity index (χ4v) is 5.02. The molecule has 0 saturated heterocycles. The predicted molar refractivity (Wildman–Crippen MR) is 124 cm³/mol. The van der Waals surface area contributed by atoms with Crippen molar-refractivity contribution in [2.24, 2.45) is 5.92 Å². The maximum absolute atomic E-state index is 9.99. The van der Waals surface area contributed by atoms with Crippen molar-refractivity contribution in [1.82, 2.24) is 0 Å². The summed E-state index contributed by atoms with van der Waals surface area (Å²) in [6.45, 7) is 1.48. The van der Waals surface area contributed by atoms with Gasteiger partial charge in [0.05, 0.1) is 13.7 Å². The van der Waals surface area contributed by atoms with E-state index in [0.717, 1.165) is 29.3 Å². The van der Waals surface area contributed by atoms with Gasteiger partial charge in [0.15, 0.2) is 0 Å². The van der Waals surface area contributed by atoms with Crippen LogP contribution in [0.5, 0.6) is 17.2 Å². The SMILES string of the molecule is COc1ccc2c(c1)NCC2C1COc2cc(O)ccc2C1c1ccc(N(C)C)cc1. The van der Waals surface area contributed by atoms with Crippen molar-refractivity contribution in [2.75, 3.05) is 44.6 Å². The number of hydrogen-bond acceptors (Lipinski definition) is 5. The summed E-state index contributed by atoms with van der Waals surface area (Å²) in [5, 5.41) is 13.6. The lowest BCUT2D eigenvalue weighted by atomic mass is 9.71. The Kier molecular flexibility index (Phi) is 4.89. The number of fused-ring (bicyclic) bond motifs is 2. The second-order valence-corrected chi connectivity index (χ2v) is 8.60. The van der Waals surface area contributed by atoms with Crippen LogP contribution in [-0.2, 0) is 0 Å². The van der Waals surface area contributed by atoms with E-state index in [0.29, 0.717) is 12.5 Å². The number of phenols is 1. The van der Waals surface area contributed by atoms with Gasteiger partial charge in [-0.2, -0.15) is 0 Å². The lowest BCUT2D eigenvalue weighted by Crippen LogP contribution is -2.32. The molecule has 5 nitrogen and oxygen atoms in total. The minimum atomic E-state index is 0.181. The Hall–Kier alpha value is -3.34. The lowest BCUT2D eigenvalue weighted by Gasteiger charge is -2.37. The zero-order valence-electron chi connectivity index (χ0n) is 18.1. The molecule has 31 heavy (non-hydrogen) atoms. The van der Waals surface area contributed by atoms with Crippen molar-refractivity contribution in [3.8, 4) is 17.2 Å². The summed E-state index contributed by atoms with van der Waals surface area (Å²) in [7, 11) is 5.81. The maximum atomic E-state index is 9.99. The molecule has 3 aromatic carbocycles. The largest absolute Gasteiger partial charge is 0.508 e. The van der Waals surface area contributed by atoms with E-state index in [1.807, 2.05) is 12.1 Å². The molecule has 0 spiro atoms. The van der Waals surface area contributed by atoms with E-state index < -0.39 is 0 Å². The van der Waals surface area contributed by atoms with E-state index in [4.69, 9.17) is 9.47 Å². The van der Waals surface area contributed by atoms with Gasteiger partial charge < -0.3 is 24.8 Å². The summed E-state index contributed by atoms with van der Waals surface area (Å²) in [6.07, 6.45) is 0. The first kappa shape index (κ1) is 19.6. The van der Waals surface area contributed by atoms with Crippen LogP contribution in [0.2, 0.25) is 0 Å². The van der Waals surface area contributed by atoms with Crippen molar-refractivity contribution in [3.63, 3.8) is 0 Å². The summed E-state index contributed by atoms with van der Waals surface area (Å²) in [4.78, 5) is 2.11. The Morgan fingerprint density at radius 1 is 1.00 bits per heavy atom. The first-order valence-corrected chi connectivity index (χ1v) is 10.7. The molecule has 0 amide bonds. The lowest BCUT2D eigenvalue weighted by molar-refractivity contribution is 0.186. The Labute approximate surface area is 183 Å². The first-order valence-electron chi connectivity index (χ1n) is 10.7. The van der Waals surface area contributed by atoms with Gasteiger partial charge in [-0.15, -0.1) is 0 Å². The summed E-state index contributed by atoms with van der Waals surface area (Å²) >= 11 is 0. The molecule has 5 rings (SSSR count). The normalized spacial score (nSPS) is 21.5. The Morgan fingerprint density at radius 2 is 1.77 bits per heavy atom. The van der Waals surface area contributed by atoms with Crippen LogP contribution >= 0.6 is 0 Å². The van der Waals surface area contributed by atoms with Gasteiger partial charge in [0, 0.05) is 67.5 Å². The molecule has 2 heterocycles. The van der Waals surface area contributed by atoms with Crippen LogP contribution in [0.25, 0.3) is 0 Å². The van der Waals surface area contributed by atoms with E-state index in [9.17, 15) is 5.11 Å².